The van der Waals surface area contributed by atoms with Crippen LogP contribution in [-0.4, -0.2) is 35.2 Å². The monoisotopic (exact) mass is 694 g/mol. The second kappa shape index (κ2) is 11.6. The van der Waals surface area contributed by atoms with Crippen LogP contribution in [0.5, 0.6) is 11.5 Å². The molecule has 0 spiro atoms. The van der Waals surface area contributed by atoms with E-state index in [2.05, 4.69) is 146 Å². The molecule has 2 nitrogen and oxygen atoms in total. The summed E-state index contributed by atoms with van der Waals surface area (Å²) in [5, 5.41) is 11.2. The summed E-state index contributed by atoms with van der Waals surface area (Å²) in [6.07, 6.45) is 0. The minimum absolute atomic E-state index is 0.561. The summed E-state index contributed by atoms with van der Waals surface area (Å²) in [7, 11) is 0. The van der Waals surface area contributed by atoms with Crippen molar-refractivity contribution in [1.82, 2.24) is 0 Å². The van der Waals surface area contributed by atoms with Crippen molar-refractivity contribution in [1.29, 1.82) is 0 Å². The van der Waals surface area contributed by atoms with E-state index in [0.717, 1.165) is 24.7 Å². The average Bonchev–Trinajstić information content (AvgIpc) is 4.13. The van der Waals surface area contributed by atoms with Crippen molar-refractivity contribution in [2.24, 2.45) is 0 Å². The quantitative estimate of drug-likeness (QED) is 0.147. The topological polar surface area (TPSA) is 18.5 Å². The molecule has 2 heterocycles. The highest BCUT2D eigenvalue weighted by atomic mass is 32.2. The van der Waals surface area contributed by atoms with Crippen molar-refractivity contribution >= 4 is 66.6 Å². The Morgan fingerprint density at radius 1 is 0.490 bits per heavy atom. The number of fused-ring (bicyclic) bond motifs is 9. The largest absolute Gasteiger partial charge is 0.492 e. The predicted octanol–water partition coefficient (Wildman–Crippen LogP) is 11.7. The molecule has 0 amide bonds. The Labute approximate surface area is 305 Å². The molecule has 0 radical (unpaired) electrons. The zero-order chi connectivity index (χ0) is 33.5. The van der Waals surface area contributed by atoms with Gasteiger partial charge in [0.2, 0.25) is 0 Å². The number of thioether (sulfide) groups is 2. The molecule has 3 aliphatic rings. The minimum Gasteiger partial charge on any atom is -0.492 e. The molecule has 0 aromatic heterocycles. The van der Waals surface area contributed by atoms with Crippen molar-refractivity contribution < 1.29 is 9.47 Å². The minimum atomic E-state index is -0.561. The van der Waals surface area contributed by atoms with Crippen molar-refractivity contribution in [3.8, 4) is 22.6 Å². The van der Waals surface area contributed by atoms with Crippen molar-refractivity contribution in [2.45, 2.75) is 15.9 Å². The van der Waals surface area contributed by atoms with Crippen molar-refractivity contribution in [2.75, 3.05) is 24.7 Å². The van der Waals surface area contributed by atoms with Gasteiger partial charge in [-0.3, -0.25) is 0 Å². The highest BCUT2D eigenvalue weighted by Crippen LogP contribution is 2.60. The van der Waals surface area contributed by atoms with Gasteiger partial charge in [0.1, 0.15) is 24.7 Å². The molecule has 0 bridgehead atoms. The molecule has 4 heteroatoms. The van der Waals surface area contributed by atoms with E-state index < -0.39 is 5.41 Å². The number of ether oxygens (including phenoxy) is 2. The van der Waals surface area contributed by atoms with Crippen LogP contribution in [0, 0.1) is 0 Å². The van der Waals surface area contributed by atoms with E-state index in [-0.39, 0.29) is 0 Å². The molecule has 246 valence electrons. The predicted molar refractivity (Wildman–Crippen MR) is 217 cm³/mol. The fourth-order valence-electron chi connectivity index (χ4n) is 8.46. The Bertz CT molecular complexity index is 2590. The Hall–Kier alpha value is -4.90. The van der Waals surface area contributed by atoms with Crippen LogP contribution < -0.4 is 9.47 Å². The summed E-state index contributed by atoms with van der Waals surface area (Å²) < 4.78 is 12.4. The first-order chi connectivity index (χ1) is 25.2. The van der Waals surface area contributed by atoms with Crippen molar-refractivity contribution in [3.05, 3.63) is 168 Å². The molecule has 0 saturated carbocycles. The third-order valence-electron chi connectivity index (χ3n) is 11.1. The molecule has 2 fully saturated rings. The van der Waals surface area contributed by atoms with E-state index in [4.69, 9.17) is 9.47 Å². The summed E-state index contributed by atoms with van der Waals surface area (Å²) in [5.41, 5.74) is 7.30. The maximum Gasteiger partial charge on any atom is 0.119 e. The molecule has 11 rings (SSSR count). The number of benzene rings is 8. The average molecular weight is 695 g/mol. The van der Waals surface area contributed by atoms with Crippen LogP contribution in [-0.2, 0) is 5.41 Å². The molecule has 1 aliphatic carbocycles. The normalized spacial score (nSPS) is 20.1. The van der Waals surface area contributed by atoms with Gasteiger partial charge in [-0.2, -0.15) is 23.5 Å². The lowest BCUT2D eigenvalue weighted by Gasteiger charge is -2.35. The standard InChI is InChI=1S/C47H34O2S2/c1-3-7-41-29(5-1)14-20-44-45(41)43-19-13-30-6-2-4-8-42(30)46(43)47(44,35-15-9-33-23-37(17-11-31(33)21-35)48-25-39-27-50-39)36-16-10-34-24-38(18-12-32(34)22-36)49-26-40-28-51-40/h1-24,39-40H,25-28H2. The fraction of sp³-hybridized carbons (Fsp3) is 0.149. The Kier molecular flexibility index (Phi) is 6.75. The summed E-state index contributed by atoms with van der Waals surface area (Å²) in [5.74, 6) is 4.30. The first-order valence-corrected chi connectivity index (χ1v) is 19.9. The van der Waals surface area contributed by atoms with Crippen LogP contribution in [0.1, 0.15) is 22.3 Å². The van der Waals surface area contributed by atoms with Gasteiger partial charge in [-0.15, -0.1) is 0 Å². The maximum atomic E-state index is 6.19. The van der Waals surface area contributed by atoms with Gasteiger partial charge < -0.3 is 9.47 Å². The van der Waals surface area contributed by atoms with E-state index in [9.17, 15) is 0 Å². The Balaban J connectivity index is 1.19. The molecule has 2 aliphatic heterocycles. The van der Waals surface area contributed by atoms with Crippen LogP contribution in [0.15, 0.2) is 146 Å². The lowest BCUT2D eigenvalue weighted by Crippen LogP contribution is -2.29. The van der Waals surface area contributed by atoms with Crippen LogP contribution in [0.3, 0.4) is 0 Å². The molecule has 0 N–H and O–H groups in total. The summed E-state index contributed by atoms with van der Waals surface area (Å²) in [6, 6.07) is 54.6. The van der Waals surface area contributed by atoms with Gasteiger partial charge in [-0.1, -0.05) is 109 Å². The van der Waals surface area contributed by atoms with Gasteiger partial charge in [0.05, 0.1) is 5.41 Å². The fourth-order valence-corrected chi connectivity index (χ4v) is 9.25. The van der Waals surface area contributed by atoms with E-state index in [1.807, 2.05) is 23.5 Å². The van der Waals surface area contributed by atoms with E-state index >= 15 is 0 Å². The lowest BCUT2D eigenvalue weighted by atomic mass is 9.66. The molecule has 2 saturated heterocycles. The van der Waals surface area contributed by atoms with E-state index in [1.54, 1.807) is 0 Å². The third kappa shape index (κ3) is 4.87. The van der Waals surface area contributed by atoms with Crippen LogP contribution in [0.4, 0.5) is 0 Å². The molecule has 51 heavy (non-hydrogen) atoms. The number of rotatable bonds is 8. The second-order valence-electron chi connectivity index (χ2n) is 14.1. The number of hydrogen-bond donors (Lipinski definition) is 0. The van der Waals surface area contributed by atoms with Crippen LogP contribution in [0.25, 0.3) is 54.2 Å². The Morgan fingerprint density at radius 3 is 1.59 bits per heavy atom. The molecule has 2 unspecified atom stereocenters. The first-order valence-electron chi connectivity index (χ1n) is 17.8. The smallest absolute Gasteiger partial charge is 0.119 e. The molecular weight excluding hydrogens is 661 g/mol. The van der Waals surface area contributed by atoms with Gasteiger partial charge in [-0.25, -0.2) is 0 Å². The van der Waals surface area contributed by atoms with Crippen LogP contribution >= 0.6 is 23.5 Å². The SMILES string of the molecule is c1ccc2c3c(ccc2c1)C(c1ccc2cc(OCC4CS4)ccc2c1)(c1ccc2cc(OCC4CS4)ccc2c1)c1c-3ccc2ccccc12. The van der Waals surface area contributed by atoms with E-state index in [0.29, 0.717) is 10.5 Å². The zero-order valence-electron chi connectivity index (χ0n) is 28.0. The molecular formula is C47H34O2S2. The Morgan fingerprint density at radius 2 is 0.980 bits per heavy atom. The summed E-state index contributed by atoms with van der Waals surface area (Å²) in [4.78, 5) is 0. The number of hydrogen-bond acceptors (Lipinski definition) is 4. The van der Waals surface area contributed by atoms with Crippen LogP contribution in [0.2, 0.25) is 0 Å². The van der Waals surface area contributed by atoms with Gasteiger partial charge in [0.25, 0.3) is 0 Å². The molecule has 2 atom stereocenters. The van der Waals surface area contributed by atoms with Gasteiger partial charge in [0.15, 0.2) is 0 Å². The first kappa shape index (κ1) is 29.8. The molecule has 8 aromatic rings. The molecule has 8 aromatic carbocycles. The second-order valence-corrected chi connectivity index (χ2v) is 16.8. The third-order valence-corrected chi connectivity index (χ3v) is 13.0. The summed E-state index contributed by atoms with van der Waals surface area (Å²) >= 11 is 3.94. The maximum absolute atomic E-state index is 6.19. The van der Waals surface area contributed by atoms with Gasteiger partial charge in [0, 0.05) is 22.0 Å². The summed E-state index contributed by atoms with van der Waals surface area (Å²) in [6.45, 7) is 1.56. The zero-order valence-corrected chi connectivity index (χ0v) is 29.6. The highest BCUT2D eigenvalue weighted by Gasteiger charge is 2.48. The van der Waals surface area contributed by atoms with Gasteiger partial charge in [-0.05, 0) is 113 Å². The van der Waals surface area contributed by atoms with E-state index in [1.165, 1.54) is 88.0 Å². The van der Waals surface area contributed by atoms with Crippen molar-refractivity contribution in [3.63, 3.8) is 0 Å². The lowest BCUT2D eigenvalue weighted by molar-refractivity contribution is 0.330. The van der Waals surface area contributed by atoms with Gasteiger partial charge >= 0.3 is 0 Å². The highest BCUT2D eigenvalue weighted by molar-refractivity contribution is 8.07.